The summed E-state index contributed by atoms with van der Waals surface area (Å²) in [4.78, 5) is 23.1. The number of rotatable bonds is 2. The molecule has 0 aromatic rings. The Bertz CT molecular complexity index is 331. The predicted octanol–water partition coefficient (Wildman–Crippen LogP) is 0.915. The summed E-state index contributed by atoms with van der Waals surface area (Å²) >= 11 is 0. The van der Waals surface area contributed by atoms with Crippen molar-refractivity contribution in [3.63, 3.8) is 0 Å². The van der Waals surface area contributed by atoms with E-state index in [2.05, 4.69) is 0 Å². The predicted molar refractivity (Wildman–Crippen MR) is 51.8 cm³/mol. The van der Waals surface area contributed by atoms with Crippen LogP contribution in [0.15, 0.2) is 11.6 Å². The monoisotopic (exact) mass is 210 g/mol. The van der Waals surface area contributed by atoms with Crippen LogP contribution in [0.1, 0.15) is 12.8 Å². The molecule has 0 aromatic heterocycles. The fraction of sp³-hybridized carbons (Fsp3) is 0.636. The molecule has 3 unspecified atom stereocenters. The largest absolute Gasteiger partial charge is 0.469 e. The zero-order valence-electron chi connectivity index (χ0n) is 8.86. The van der Waals surface area contributed by atoms with Gasteiger partial charge < -0.3 is 9.47 Å². The van der Waals surface area contributed by atoms with Crippen molar-refractivity contribution in [1.82, 2.24) is 0 Å². The minimum absolute atomic E-state index is 0.233. The van der Waals surface area contributed by atoms with Gasteiger partial charge >= 0.3 is 11.9 Å². The van der Waals surface area contributed by atoms with E-state index in [0.29, 0.717) is 0 Å². The van der Waals surface area contributed by atoms with Gasteiger partial charge in [-0.3, -0.25) is 9.59 Å². The van der Waals surface area contributed by atoms with E-state index < -0.39 is 5.92 Å². The fourth-order valence-corrected chi connectivity index (χ4v) is 2.69. The summed E-state index contributed by atoms with van der Waals surface area (Å²) in [6.45, 7) is 0. The number of carbonyl (C=O) groups excluding carboxylic acids is 2. The second kappa shape index (κ2) is 3.68. The number of allylic oxidation sites excluding steroid dienone is 1. The second-order valence-corrected chi connectivity index (χ2v) is 4.03. The topological polar surface area (TPSA) is 52.6 Å². The lowest BCUT2D eigenvalue weighted by molar-refractivity contribution is -0.156. The van der Waals surface area contributed by atoms with Crippen LogP contribution in [-0.4, -0.2) is 26.2 Å². The third-order valence-electron chi connectivity index (χ3n) is 3.38. The normalized spacial score (nSPS) is 32.4. The van der Waals surface area contributed by atoms with E-state index in [1.54, 1.807) is 0 Å². The first-order valence-corrected chi connectivity index (χ1v) is 5.03. The van der Waals surface area contributed by atoms with E-state index in [1.165, 1.54) is 14.2 Å². The van der Waals surface area contributed by atoms with Gasteiger partial charge in [-0.1, -0.05) is 11.6 Å². The van der Waals surface area contributed by atoms with Gasteiger partial charge in [0.1, 0.15) is 0 Å². The summed E-state index contributed by atoms with van der Waals surface area (Å²) in [6, 6.07) is 0. The summed E-state index contributed by atoms with van der Waals surface area (Å²) in [5.74, 6) is -1.11. The van der Waals surface area contributed by atoms with Gasteiger partial charge in [0.15, 0.2) is 0 Å². The third kappa shape index (κ3) is 1.44. The number of ether oxygens (including phenoxy) is 2. The van der Waals surface area contributed by atoms with Gasteiger partial charge in [-0.25, -0.2) is 0 Å². The van der Waals surface area contributed by atoms with Crippen molar-refractivity contribution in [2.24, 2.45) is 17.8 Å². The Hall–Kier alpha value is -1.32. The molecular formula is C11H14O4. The van der Waals surface area contributed by atoms with Crippen molar-refractivity contribution >= 4 is 11.9 Å². The van der Waals surface area contributed by atoms with Gasteiger partial charge in [-0.05, 0) is 18.8 Å². The van der Waals surface area contributed by atoms with Gasteiger partial charge in [-0.15, -0.1) is 0 Å². The van der Waals surface area contributed by atoms with E-state index in [0.717, 1.165) is 18.4 Å². The van der Waals surface area contributed by atoms with Crippen LogP contribution in [0.25, 0.3) is 0 Å². The van der Waals surface area contributed by atoms with Crippen molar-refractivity contribution in [3.8, 4) is 0 Å². The molecule has 2 aliphatic carbocycles. The van der Waals surface area contributed by atoms with E-state index in [-0.39, 0.29) is 23.8 Å². The standard InChI is InChI=1S/C11H14O4/c1-14-10(12)8-6-3-4-7(5-6)9(8)11(13)15-2/h3,7-9H,4-5H2,1-2H3. The fourth-order valence-electron chi connectivity index (χ4n) is 2.69. The molecule has 1 fully saturated rings. The first kappa shape index (κ1) is 10.2. The van der Waals surface area contributed by atoms with E-state index in [1.807, 2.05) is 6.08 Å². The quantitative estimate of drug-likeness (QED) is 0.502. The van der Waals surface area contributed by atoms with Crippen molar-refractivity contribution in [3.05, 3.63) is 11.6 Å². The zero-order chi connectivity index (χ0) is 11.0. The van der Waals surface area contributed by atoms with Gasteiger partial charge in [0, 0.05) is 0 Å². The molecule has 0 spiro atoms. The maximum atomic E-state index is 11.6. The SMILES string of the molecule is COC(=O)C1C2=CCC(C2)C1C(=O)OC. The number of hydrogen-bond donors (Lipinski definition) is 0. The van der Waals surface area contributed by atoms with Gasteiger partial charge in [0.25, 0.3) is 0 Å². The summed E-state index contributed by atoms with van der Waals surface area (Å²) in [5, 5.41) is 0. The average molecular weight is 210 g/mol. The molecule has 3 atom stereocenters. The molecule has 2 rings (SSSR count). The minimum atomic E-state index is -0.402. The molecule has 15 heavy (non-hydrogen) atoms. The first-order valence-electron chi connectivity index (χ1n) is 5.03. The molecule has 82 valence electrons. The molecular weight excluding hydrogens is 196 g/mol. The number of fused-ring (bicyclic) bond motifs is 2. The Kier molecular flexibility index (Phi) is 2.50. The molecule has 0 amide bonds. The Labute approximate surface area is 88.2 Å². The van der Waals surface area contributed by atoms with E-state index in [4.69, 9.17) is 9.47 Å². The lowest BCUT2D eigenvalue weighted by Crippen LogP contribution is -2.33. The number of methoxy groups -OCH3 is 2. The van der Waals surface area contributed by atoms with Crippen LogP contribution in [-0.2, 0) is 19.1 Å². The van der Waals surface area contributed by atoms with Crippen molar-refractivity contribution in [2.45, 2.75) is 12.8 Å². The van der Waals surface area contributed by atoms with Crippen LogP contribution in [0, 0.1) is 17.8 Å². The number of hydrogen-bond acceptors (Lipinski definition) is 4. The average Bonchev–Trinajstić information content (AvgIpc) is 2.86. The van der Waals surface area contributed by atoms with Gasteiger partial charge in [0.2, 0.25) is 0 Å². The summed E-state index contributed by atoms with van der Waals surface area (Å²) in [5.41, 5.74) is 1.04. The molecule has 0 aromatic carbocycles. The van der Waals surface area contributed by atoms with Crippen molar-refractivity contribution in [1.29, 1.82) is 0 Å². The highest BCUT2D eigenvalue weighted by molar-refractivity contribution is 5.86. The summed E-state index contributed by atoms with van der Waals surface area (Å²) in [6.07, 6.45) is 3.76. The highest BCUT2D eigenvalue weighted by Gasteiger charge is 2.51. The number of carbonyl (C=O) groups is 2. The van der Waals surface area contributed by atoms with Crippen LogP contribution in [0.5, 0.6) is 0 Å². The van der Waals surface area contributed by atoms with Crippen LogP contribution in [0.4, 0.5) is 0 Å². The molecule has 1 saturated carbocycles. The van der Waals surface area contributed by atoms with Crippen LogP contribution in [0.3, 0.4) is 0 Å². The molecule has 0 aliphatic heterocycles. The Balaban J connectivity index is 2.26. The molecule has 0 N–H and O–H groups in total. The molecule has 4 heteroatoms. The number of esters is 2. The highest BCUT2D eigenvalue weighted by atomic mass is 16.5. The molecule has 0 radical (unpaired) electrons. The zero-order valence-corrected chi connectivity index (χ0v) is 8.86. The first-order chi connectivity index (χ1) is 7.19. The lowest BCUT2D eigenvalue weighted by atomic mass is 9.83. The maximum absolute atomic E-state index is 11.6. The van der Waals surface area contributed by atoms with Gasteiger partial charge in [-0.2, -0.15) is 0 Å². The molecule has 2 aliphatic rings. The Morgan fingerprint density at radius 3 is 2.53 bits per heavy atom. The van der Waals surface area contributed by atoms with Crippen LogP contribution in [0.2, 0.25) is 0 Å². The van der Waals surface area contributed by atoms with Crippen LogP contribution >= 0.6 is 0 Å². The smallest absolute Gasteiger partial charge is 0.313 e. The summed E-state index contributed by atoms with van der Waals surface area (Å²) < 4.78 is 9.46. The van der Waals surface area contributed by atoms with Gasteiger partial charge in [0.05, 0.1) is 26.1 Å². The Morgan fingerprint density at radius 2 is 1.93 bits per heavy atom. The molecule has 0 saturated heterocycles. The minimum Gasteiger partial charge on any atom is -0.469 e. The Morgan fingerprint density at radius 1 is 1.27 bits per heavy atom. The molecule has 2 bridgehead atoms. The van der Waals surface area contributed by atoms with E-state index in [9.17, 15) is 9.59 Å². The highest BCUT2D eigenvalue weighted by Crippen LogP contribution is 2.49. The van der Waals surface area contributed by atoms with E-state index >= 15 is 0 Å². The summed E-state index contributed by atoms with van der Waals surface area (Å²) in [7, 11) is 2.71. The third-order valence-corrected chi connectivity index (χ3v) is 3.38. The van der Waals surface area contributed by atoms with Crippen molar-refractivity contribution in [2.75, 3.05) is 14.2 Å². The second-order valence-electron chi connectivity index (χ2n) is 4.03. The van der Waals surface area contributed by atoms with Crippen molar-refractivity contribution < 1.29 is 19.1 Å². The maximum Gasteiger partial charge on any atom is 0.313 e. The molecule has 4 nitrogen and oxygen atoms in total. The lowest BCUT2D eigenvalue weighted by Gasteiger charge is -2.22. The molecule has 0 heterocycles. The van der Waals surface area contributed by atoms with Crippen LogP contribution < -0.4 is 0 Å².